The Morgan fingerprint density at radius 2 is 1.75 bits per heavy atom. The topological polar surface area (TPSA) is 6.48 Å². The molecule has 2 rings (SSSR count). The zero-order valence-electron chi connectivity index (χ0n) is 11.1. The molecule has 0 aliphatic carbocycles. The second-order valence-electron chi connectivity index (χ2n) is 5.66. The molecule has 0 N–H and O–H groups in total. The fourth-order valence-corrected chi connectivity index (χ4v) is 3.45. The highest BCUT2D eigenvalue weighted by Gasteiger charge is 2.28. The second-order valence-corrected chi connectivity index (χ2v) is 5.66. The van der Waals surface area contributed by atoms with Crippen LogP contribution in [-0.4, -0.2) is 48.1 Å². The Kier molecular flexibility index (Phi) is 4.66. The van der Waals surface area contributed by atoms with Gasteiger partial charge in [0, 0.05) is 12.1 Å². The molecule has 94 valence electrons. The monoisotopic (exact) mass is 224 g/mol. The van der Waals surface area contributed by atoms with Gasteiger partial charge in [0.05, 0.1) is 0 Å². The molecule has 0 aromatic rings. The highest BCUT2D eigenvalue weighted by molar-refractivity contribution is 4.84. The van der Waals surface area contributed by atoms with Gasteiger partial charge in [0.2, 0.25) is 0 Å². The molecule has 2 nitrogen and oxygen atoms in total. The highest BCUT2D eigenvalue weighted by atomic mass is 15.2. The molecule has 0 aromatic heterocycles. The van der Waals surface area contributed by atoms with Gasteiger partial charge in [0.25, 0.3) is 0 Å². The van der Waals surface area contributed by atoms with Crippen LogP contribution in [0.2, 0.25) is 0 Å². The normalized spacial score (nSPS) is 30.8. The number of hydrogen-bond donors (Lipinski definition) is 0. The van der Waals surface area contributed by atoms with E-state index in [1.165, 1.54) is 64.7 Å². The minimum atomic E-state index is 0.844. The summed E-state index contributed by atoms with van der Waals surface area (Å²) in [6, 6.07) is 1.74. The van der Waals surface area contributed by atoms with Crippen LogP contribution in [0.15, 0.2) is 0 Å². The Labute approximate surface area is 101 Å². The van der Waals surface area contributed by atoms with Crippen molar-refractivity contribution in [3.05, 3.63) is 0 Å². The first kappa shape index (κ1) is 12.4. The van der Waals surface area contributed by atoms with Crippen molar-refractivity contribution in [3.8, 4) is 0 Å². The summed E-state index contributed by atoms with van der Waals surface area (Å²) in [5.74, 6) is 0. The standard InChI is InChI=1S/C14H28N2/c1-3-9-15-11-7-14(8-12-15)16-10-5-4-6-13(16)2/h13-14H,3-12H2,1-2H3. The summed E-state index contributed by atoms with van der Waals surface area (Å²) in [6.45, 7) is 10.1. The molecule has 0 spiro atoms. The van der Waals surface area contributed by atoms with E-state index in [2.05, 4.69) is 23.6 Å². The molecule has 1 atom stereocenters. The van der Waals surface area contributed by atoms with Crippen LogP contribution in [0.4, 0.5) is 0 Å². The van der Waals surface area contributed by atoms with Crippen molar-refractivity contribution in [1.29, 1.82) is 0 Å². The van der Waals surface area contributed by atoms with E-state index < -0.39 is 0 Å². The summed E-state index contributed by atoms with van der Waals surface area (Å²) in [7, 11) is 0. The minimum Gasteiger partial charge on any atom is -0.303 e. The molecule has 2 aliphatic heterocycles. The number of nitrogens with zero attached hydrogens (tertiary/aromatic N) is 2. The van der Waals surface area contributed by atoms with Gasteiger partial charge < -0.3 is 4.90 Å². The fraction of sp³-hybridized carbons (Fsp3) is 1.00. The first-order valence-electron chi connectivity index (χ1n) is 7.29. The van der Waals surface area contributed by atoms with Gasteiger partial charge >= 0.3 is 0 Å². The summed E-state index contributed by atoms with van der Waals surface area (Å²) >= 11 is 0. The van der Waals surface area contributed by atoms with Crippen LogP contribution in [0.25, 0.3) is 0 Å². The minimum absolute atomic E-state index is 0.844. The summed E-state index contributed by atoms with van der Waals surface area (Å²) < 4.78 is 0. The predicted octanol–water partition coefficient (Wildman–Crippen LogP) is 2.74. The average Bonchev–Trinajstić information content (AvgIpc) is 2.31. The molecule has 2 aliphatic rings. The molecule has 0 amide bonds. The third kappa shape index (κ3) is 2.98. The number of hydrogen-bond acceptors (Lipinski definition) is 2. The van der Waals surface area contributed by atoms with Gasteiger partial charge in [-0.25, -0.2) is 0 Å². The van der Waals surface area contributed by atoms with Crippen LogP contribution in [0, 0.1) is 0 Å². The lowest BCUT2D eigenvalue weighted by Crippen LogP contribution is -2.50. The first-order valence-corrected chi connectivity index (χ1v) is 7.29. The van der Waals surface area contributed by atoms with Crippen LogP contribution in [0.1, 0.15) is 52.4 Å². The molecule has 0 aromatic carbocycles. The molecule has 1 unspecified atom stereocenters. The fourth-order valence-electron chi connectivity index (χ4n) is 3.45. The maximum atomic E-state index is 2.80. The number of rotatable bonds is 3. The Morgan fingerprint density at radius 3 is 2.38 bits per heavy atom. The van der Waals surface area contributed by atoms with Crippen molar-refractivity contribution in [2.24, 2.45) is 0 Å². The van der Waals surface area contributed by atoms with Gasteiger partial charge in [-0.2, -0.15) is 0 Å². The SMILES string of the molecule is CCCN1CCC(N2CCCCC2C)CC1. The Hall–Kier alpha value is -0.0800. The van der Waals surface area contributed by atoms with Crippen molar-refractivity contribution in [2.75, 3.05) is 26.2 Å². The van der Waals surface area contributed by atoms with Crippen LogP contribution in [-0.2, 0) is 0 Å². The summed E-state index contributed by atoms with van der Waals surface area (Å²) in [5.41, 5.74) is 0. The Balaban J connectivity index is 1.79. The lowest BCUT2D eigenvalue weighted by atomic mass is 9.96. The van der Waals surface area contributed by atoms with E-state index in [0.29, 0.717) is 0 Å². The zero-order valence-corrected chi connectivity index (χ0v) is 11.1. The maximum absolute atomic E-state index is 2.80. The molecule has 0 radical (unpaired) electrons. The van der Waals surface area contributed by atoms with Gasteiger partial charge in [-0.15, -0.1) is 0 Å². The third-order valence-electron chi connectivity index (χ3n) is 4.42. The molecule has 16 heavy (non-hydrogen) atoms. The Morgan fingerprint density at radius 1 is 1.00 bits per heavy atom. The van der Waals surface area contributed by atoms with E-state index in [1.807, 2.05) is 0 Å². The van der Waals surface area contributed by atoms with Crippen LogP contribution >= 0.6 is 0 Å². The Bertz CT molecular complexity index is 197. The van der Waals surface area contributed by atoms with E-state index in [0.717, 1.165) is 12.1 Å². The van der Waals surface area contributed by atoms with Crippen molar-refractivity contribution < 1.29 is 0 Å². The molecule has 0 bridgehead atoms. The van der Waals surface area contributed by atoms with Gasteiger partial charge in [-0.3, -0.25) is 4.90 Å². The molecule has 0 saturated carbocycles. The smallest absolute Gasteiger partial charge is 0.0122 e. The van der Waals surface area contributed by atoms with E-state index >= 15 is 0 Å². The van der Waals surface area contributed by atoms with E-state index in [4.69, 9.17) is 0 Å². The van der Waals surface area contributed by atoms with E-state index in [-0.39, 0.29) is 0 Å². The lowest BCUT2D eigenvalue weighted by molar-refractivity contribution is 0.0576. The van der Waals surface area contributed by atoms with Crippen molar-refractivity contribution in [2.45, 2.75) is 64.5 Å². The van der Waals surface area contributed by atoms with E-state index in [1.54, 1.807) is 0 Å². The molecular formula is C14H28N2. The first-order chi connectivity index (χ1) is 7.81. The molecule has 2 heterocycles. The summed E-state index contributed by atoms with van der Waals surface area (Å²) in [5, 5.41) is 0. The molecular weight excluding hydrogens is 196 g/mol. The van der Waals surface area contributed by atoms with Crippen molar-refractivity contribution in [3.63, 3.8) is 0 Å². The summed E-state index contributed by atoms with van der Waals surface area (Å²) in [4.78, 5) is 5.44. The van der Waals surface area contributed by atoms with Crippen LogP contribution in [0.5, 0.6) is 0 Å². The van der Waals surface area contributed by atoms with Crippen LogP contribution < -0.4 is 0 Å². The quantitative estimate of drug-likeness (QED) is 0.727. The molecule has 2 fully saturated rings. The van der Waals surface area contributed by atoms with Crippen molar-refractivity contribution >= 4 is 0 Å². The van der Waals surface area contributed by atoms with Crippen LogP contribution in [0.3, 0.4) is 0 Å². The third-order valence-corrected chi connectivity index (χ3v) is 4.42. The van der Waals surface area contributed by atoms with Gasteiger partial charge in [-0.1, -0.05) is 13.3 Å². The number of piperidine rings is 2. The lowest BCUT2D eigenvalue weighted by Gasteiger charge is -2.43. The largest absolute Gasteiger partial charge is 0.303 e. The maximum Gasteiger partial charge on any atom is 0.0122 e. The number of likely N-dealkylation sites (tertiary alicyclic amines) is 2. The van der Waals surface area contributed by atoms with Gasteiger partial charge in [0.15, 0.2) is 0 Å². The van der Waals surface area contributed by atoms with Crippen molar-refractivity contribution in [1.82, 2.24) is 9.80 Å². The highest BCUT2D eigenvalue weighted by Crippen LogP contribution is 2.24. The van der Waals surface area contributed by atoms with Gasteiger partial charge in [-0.05, 0) is 65.2 Å². The molecule has 2 saturated heterocycles. The molecule has 2 heteroatoms. The summed E-state index contributed by atoms with van der Waals surface area (Å²) in [6.07, 6.45) is 8.43. The van der Waals surface area contributed by atoms with E-state index in [9.17, 15) is 0 Å². The predicted molar refractivity (Wildman–Crippen MR) is 69.8 cm³/mol. The average molecular weight is 224 g/mol. The second kappa shape index (κ2) is 6.02. The van der Waals surface area contributed by atoms with Gasteiger partial charge in [0.1, 0.15) is 0 Å². The zero-order chi connectivity index (χ0) is 11.4.